The quantitative estimate of drug-likeness (QED) is 0.668. The first-order valence-electron chi connectivity index (χ1n) is 8.87. The molecule has 0 saturated carbocycles. The fourth-order valence-corrected chi connectivity index (χ4v) is 3.55. The SMILES string of the molecule is CC(CC(=O)NCC(N1CCNCC1)C(F)(F)F)C1CCCNC1. The van der Waals surface area contributed by atoms with Crippen molar-refractivity contribution >= 4 is 5.91 Å². The highest BCUT2D eigenvalue weighted by Crippen LogP contribution is 2.25. The molecule has 5 nitrogen and oxygen atoms in total. The predicted octanol–water partition coefficient (Wildman–Crippen LogP) is 0.965. The van der Waals surface area contributed by atoms with Gasteiger partial charge in [-0.3, -0.25) is 9.69 Å². The zero-order chi connectivity index (χ0) is 17.6. The van der Waals surface area contributed by atoms with Crippen LogP contribution in [0.4, 0.5) is 13.2 Å². The average Bonchev–Trinajstić information content (AvgIpc) is 2.55. The highest BCUT2D eigenvalue weighted by Gasteiger charge is 2.43. The second-order valence-electron chi connectivity index (χ2n) is 6.94. The van der Waals surface area contributed by atoms with Gasteiger partial charge in [-0.1, -0.05) is 6.92 Å². The lowest BCUT2D eigenvalue weighted by molar-refractivity contribution is -0.184. The second kappa shape index (κ2) is 9.01. The number of carbonyl (C=O) groups is 1. The van der Waals surface area contributed by atoms with Crippen LogP contribution in [0.15, 0.2) is 0 Å². The normalized spacial score (nSPS) is 25.9. The Morgan fingerprint density at radius 2 is 1.96 bits per heavy atom. The third-order valence-corrected chi connectivity index (χ3v) is 5.11. The Bertz CT molecular complexity index is 393. The first kappa shape index (κ1) is 19.5. The number of piperazine rings is 1. The molecule has 2 heterocycles. The molecule has 1 amide bonds. The van der Waals surface area contributed by atoms with Crippen molar-refractivity contribution in [3.8, 4) is 0 Å². The maximum atomic E-state index is 13.3. The molecule has 3 N–H and O–H groups in total. The van der Waals surface area contributed by atoms with Crippen LogP contribution in [0.1, 0.15) is 26.2 Å². The molecular weight excluding hydrogens is 321 g/mol. The molecular formula is C16H29F3N4O. The van der Waals surface area contributed by atoms with E-state index in [0.717, 1.165) is 25.9 Å². The van der Waals surface area contributed by atoms with Crippen molar-refractivity contribution in [2.24, 2.45) is 11.8 Å². The molecule has 2 rings (SSSR count). The van der Waals surface area contributed by atoms with E-state index in [2.05, 4.69) is 16.0 Å². The average molecular weight is 350 g/mol. The number of nitrogens with zero attached hydrogens (tertiary/aromatic N) is 1. The minimum absolute atomic E-state index is 0.182. The Kier molecular flexibility index (Phi) is 7.31. The lowest BCUT2D eigenvalue weighted by Gasteiger charge is -2.36. The van der Waals surface area contributed by atoms with Crippen LogP contribution in [0.2, 0.25) is 0 Å². The van der Waals surface area contributed by atoms with Crippen LogP contribution in [0, 0.1) is 11.8 Å². The van der Waals surface area contributed by atoms with E-state index in [1.165, 1.54) is 4.90 Å². The van der Waals surface area contributed by atoms with Gasteiger partial charge in [-0.15, -0.1) is 0 Å². The largest absolute Gasteiger partial charge is 0.405 e. The Labute approximate surface area is 141 Å². The summed E-state index contributed by atoms with van der Waals surface area (Å²) in [6.45, 7) is 5.34. The van der Waals surface area contributed by atoms with E-state index in [0.29, 0.717) is 38.5 Å². The van der Waals surface area contributed by atoms with Crippen LogP contribution in [0.3, 0.4) is 0 Å². The molecule has 24 heavy (non-hydrogen) atoms. The summed E-state index contributed by atoms with van der Waals surface area (Å²) in [6.07, 6.45) is -1.87. The van der Waals surface area contributed by atoms with E-state index >= 15 is 0 Å². The highest BCUT2D eigenvalue weighted by atomic mass is 19.4. The van der Waals surface area contributed by atoms with Gasteiger partial charge in [-0.25, -0.2) is 0 Å². The van der Waals surface area contributed by atoms with Gasteiger partial charge in [0.2, 0.25) is 5.91 Å². The molecule has 8 heteroatoms. The molecule has 2 aliphatic heterocycles. The fourth-order valence-electron chi connectivity index (χ4n) is 3.55. The fraction of sp³-hybridized carbons (Fsp3) is 0.938. The van der Waals surface area contributed by atoms with E-state index < -0.39 is 12.2 Å². The number of hydrogen-bond acceptors (Lipinski definition) is 4. The molecule has 140 valence electrons. The predicted molar refractivity (Wildman–Crippen MR) is 86.7 cm³/mol. The standard InChI is InChI=1S/C16H29F3N4O/c1-12(13-3-2-4-21-10-13)9-15(24)22-11-14(16(17,18)19)23-7-5-20-6-8-23/h12-14,20-21H,2-11H2,1H3,(H,22,24). The van der Waals surface area contributed by atoms with Crippen molar-refractivity contribution in [3.05, 3.63) is 0 Å². The number of nitrogens with one attached hydrogen (secondary N) is 3. The number of amides is 1. The number of piperidine rings is 1. The van der Waals surface area contributed by atoms with E-state index in [1.807, 2.05) is 6.92 Å². The zero-order valence-electron chi connectivity index (χ0n) is 14.3. The highest BCUT2D eigenvalue weighted by molar-refractivity contribution is 5.76. The summed E-state index contributed by atoms with van der Waals surface area (Å²) < 4.78 is 39.9. The number of alkyl halides is 3. The minimum atomic E-state index is -4.33. The molecule has 0 aromatic carbocycles. The van der Waals surface area contributed by atoms with Crippen LogP contribution in [0.5, 0.6) is 0 Å². The van der Waals surface area contributed by atoms with Gasteiger partial charge in [0.15, 0.2) is 0 Å². The molecule has 2 saturated heterocycles. The summed E-state index contributed by atoms with van der Waals surface area (Å²) >= 11 is 0. The molecule has 3 unspecified atom stereocenters. The van der Waals surface area contributed by atoms with Crippen LogP contribution in [-0.4, -0.2) is 68.8 Å². The summed E-state index contributed by atoms with van der Waals surface area (Å²) in [4.78, 5) is 13.5. The van der Waals surface area contributed by atoms with Crippen molar-refractivity contribution in [2.45, 2.75) is 38.4 Å². The molecule has 2 aliphatic rings. The van der Waals surface area contributed by atoms with Crippen molar-refractivity contribution in [1.82, 2.24) is 20.9 Å². The number of rotatable bonds is 6. The van der Waals surface area contributed by atoms with Gasteiger partial charge in [0.25, 0.3) is 0 Å². The Balaban J connectivity index is 1.80. The van der Waals surface area contributed by atoms with E-state index in [-0.39, 0.29) is 18.4 Å². The number of carbonyl (C=O) groups excluding carboxylic acids is 1. The third kappa shape index (κ3) is 5.89. The van der Waals surface area contributed by atoms with Gasteiger partial charge in [0, 0.05) is 39.1 Å². The lowest BCUT2D eigenvalue weighted by Crippen LogP contribution is -2.57. The van der Waals surface area contributed by atoms with Gasteiger partial charge in [0.1, 0.15) is 6.04 Å². The first-order valence-corrected chi connectivity index (χ1v) is 8.87. The Morgan fingerprint density at radius 3 is 2.54 bits per heavy atom. The second-order valence-corrected chi connectivity index (χ2v) is 6.94. The van der Waals surface area contributed by atoms with E-state index in [4.69, 9.17) is 0 Å². The Morgan fingerprint density at radius 1 is 1.25 bits per heavy atom. The van der Waals surface area contributed by atoms with Crippen LogP contribution in [-0.2, 0) is 4.79 Å². The molecule has 0 aromatic rings. The van der Waals surface area contributed by atoms with Crippen molar-refractivity contribution in [2.75, 3.05) is 45.8 Å². The number of halogens is 3. The summed E-state index contributed by atoms with van der Waals surface area (Å²) in [5.41, 5.74) is 0. The summed E-state index contributed by atoms with van der Waals surface area (Å²) in [5.74, 6) is 0.329. The molecule has 0 bridgehead atoms. The zero-order valence-corrected chi connectivity index (χ0v) is 14.3. The molecule has 0 aliphatic carbocycles. The third-order valence-electron chi connectivity index (χ3n) is 5.11. The monoisotopic (exact) mass is 350 g/mol. The van der Waals surface area contributed by atoms with E-state index in [9.17, 15) is 18.0 Å². The summed E-state index contributed by atoms with van der Waals surface area (Å²) in [7, 11) is 0. The molecule has 0 radical (unpaired) electrons. The van der Waals surface area contributed by atoms with Crippen molar-refractivity contribution in [1.29, 1.82) is 0 Å². The molecule has 2 fully saturated rings. The smallest absolute Gasteiger partial charge is 0.354 e. The van der Waals surface area contributed by atoms with Gasteiger partial charge in [-0.05, 0) is 37.8 Å². The molecule has 3 atom stereocenters. The maximum absolute atomic E-state index is 13.3. The van der Waals surface area contributed by atoms with Gasteiger partial charge < -0.3 is 16.0 Å². The maximum Gasteiger partial charge on any atom is 0.405 e. The molecule has 0 spiro atoms. The lowest BCUT2D eigenvalue weighted by atomic mass is 9.85. The van der Waals surface area contributed by atoms with Gasteiger partial charge in [0.05, 0.1) is 0 Å². The van der Waals surface area contributed by atoms with E-state index in [1.54, 1.807) is 0 Å². The van der Waals surface area contributed by atoms with Crippen molar-refractivity contribution < 1.29 is 18.0 Å². The van der Waals surface area contributed by atoms with Crippen LogP contribution in [0.25, 0.3) is 0 Å². The van der Waals surface area contributed by atoms with Crippen LogP contribution < -0.4 is 16.0 Å². The number of hydrogen-bond donors (Lipinski definition) is 3. The Hall–Kier alpha value is -0.860. The molecule has 0 aromatic heterocycles. The van der Waals surface area contributed by atoms with Gasteiger partial charge >= 0.3 is 6.18 Å². The summed E-state index contributed by atoms with van der Waals surface area (Å²) in [6, 6.07) is -1.60. The topological polar surface area (TPSA) is 56.4 Å². The summed E-state index contributed by atoms with van der Waals surface area (Å²) in [5, 5.41) is 8.87. The van der Waals surface area contributed by atoms with Crippen LogP contribution >= 0.6 is 0 Å². The first-order chi connectivity index (χ1) is 11.4. The van der Waals surface area contributed by atoms with Crippen molar-refractivity contribution in [3.63, 3.8) is 0 Å². The van der Waals surface area contributed by atoms with Gasteiger partial charge in [-0.2, -0.15) is 13.2 Å². The minimum Gasteiger partial charge on any atom is -0.354 e.